The normalized spacial score (nSPS) is 22.6. The first kappa shape index (κ1) is 22.5. The second-order valence-corrected chi connectivity index (χ2v) is 12.2. The second kappa shape index (κ2) is 8.31. The third-order valence-corrected chi connectivity index (χ3v) is 9.28. The molecule has 2 unspecified atom stereocenters. The Bertz CT molecular complexity index is 1060. The van der Waals surface area contributed by atoms with Crippen molar-refractivity contribution in [2.75, 3.05) is 13.2 Å². The minimum absolute atomic E-state index is 0.0756. The highest BCUT2D eigenvalue weighted by Gasteiger charge is 2.52. The lowest BCUT2D eigenvalue weighted by Gasteiger charge is -2.36. The van der Waals surface area contributed by atoms with Gasteiger partial charge in [0.2, 0.25) is 0 Å². The maximum absolute atomic E-state index is 12.7. The molecule has 2 aliphatic rings. The molecule has 2 aromatic rings. The fourth-order valence-corrected chi connectivity index (χ4v) is 6.88. The molecule has 0 aliphatic heterocycles. The Labute approximate surface area is 184 Å². The predicted octanol–water partition coefficient (Wildman–Crippen LogP) is 4.22. The first-order valence-electron chi connectivity index (χ1n) is 10.5. The van der Waals surface area contributed by atoms with Crippen LogP contribution in [0.1, 0.15) is 36.8 Å². The first-order valence-corrected chi connectivity index (χ1v) is 13.3. The van der Waals surface area contributed by atoms with Crippen LogP contribution in [-0.4, -0.2) is 30.0 Å². The number of hydrogen-bond acceptors (Lipinski definition) is 6. The van der Waals surface area contributed by atoms with Crippen LogP contribution in [0.2, 0.25) is 0 Å². The fraction of sp³-hybridized carbons (Fsp3) is 0.478. The van der Waals surface area contributed by atoms with E-state index in [0.717, 1.165) is 30.4 Å². The van der Waals surface area contributed by atoms with Crippen LogP contribution in [0, 0.1) is 31.1 Å². The van der Waals surface area contributed by atoms with Gasteiger partial charge in [0.05, 0.1) is 23.0 Å². The van der Waals surface area contributed by atoms with Crippen molar-refractivity contribution in [3.63, 3.8) is 0 Å². The van der Waals surface area contributed by atoms with Crippen LogP contribution in [0.5, 0.6) is 0 Å². The Hall–Kier alpha value is -1.74. The molecule has 2 aromatic carbocycles. The van der Waals surface area contributed by atoms with Crippen molar-refractivity contribution in [1.82, 2.24) is 0 Å². The van der Waals surface area contributed by atoms with Crippen LogP contribution in [0.4, 0.5) is 0 Å². The van der Waals surface area contributed by atoms with Crippen molar-refractivity contribution in [3.8, 4) is 0 Å². The summed E-state index contributed by atoms with van der Waals surface area (Å²) in [6, 6.07) is 13.0. The molecule has 0 spiro atoms. The lowest BCUT2D eigenvalue weighted by Crippen LogP contribution is -2.39. The van der Waals surface area contributed by atoms with Gasteiger partial charge in [-0.25, -0.2) is 0 Å². The second-order valence-electron chi connectivity index (χ2n) is 9.00. The maximum Gasteiger partial charge on any atom is 0.296 e. The van der Waals surface area contributed by atoms with E-state index in [1.807, 2.05) is 13.8 Å². The molecule has 2 bridgehead atoms. The highest BCUT2D eigenvalue weighted by Crippen LogP contribution is 2.56. The quantitative estimate of drug-likeness (QED) is 0.544. The molecule has 2 atom stereocenters. The van der Waals surface area contributed by atoms with Gasteiger partial charge in [-0.3, -0.25) is 8.37 Å². The minimum atomic E-state index is -3.94. The SMILES string of the molecule is Cc1ccc(S(=O)(=O)OCC2(COS(=O)(=O)c3ccc(C)cc3)CC3CCC2C3)cc1. The fourth-order valence-electron chi connectivity index (χ4n) is 4.89. The Kier molecular flexibility index (Phi) is 6.02. The van der Waals surface area contributed by atoms with Gasteiger partial charge in [-0.2, -0.15) is 16.8 Å². The molecule has 8 heteroatoms. The van der Waals surface area contributed by atoms with E-state index in [9.17, 15) is 16.8 Å². The van der Waals surface area contributed by atoms with Crippen molar-refractivity contribution in [3.05, 3.63) is 59.7 Å². The van der Waals surface area contributed by atoms with E-state index in [1.165, 1.54) is 24.3 Å². The largest absolute Gasteiger partial charge is 0.296 e. The average molecular weight is 465 g/mol. The molecule has 0 radical (unpaired) electrons. The Morgan fingerprint density at radius 1 is 0.774 bits per heavy atom. The maximum atomic E-state index is 12.7. The van der Waals surface area contributed by atoms with Crippen molar-refractivity contribution >= 4 is 20.2 Å². The van der Waals surface area contributed by atoms with Crippen LogP contribution in [0.3, 0.4) is 0 Å². The lowest BCUT2D eigenvalue weighted by atomic mass is 9.74. The van der Waals surface area contributed by atoms with Gasteiger partial charge in [0.1, 0.15) is 0 Å². The predicted molar refractivity (Wildman–Crippen MR) is 117 cm³/mol. The third kappa shape index (κ3) is 4.72. The van der Waals surface area contributed by atoms with Crippen LogP contribution in [-0.2, 0) is 28.6 Å². The Balaban J connectivity index is 1.51. The molecule has 2 saturated carbocycles. The zero-order chi connectivity index (χ0) is 22.3. The number of aryl methyl sites for hydroxylation is 2. The van der Waals surface area contributed by atoms with Gasteiger partial charge < -0.3 is 0 Å². The van der Waals surface area contributed by atoms with E-state index in [-0.39, 0.29) is 28.9 Å². The zero-order valence-corrected chi connectivity index (χ0v) is 19.4. The smallest absolute Gasteiger partial charge is 0.266 e. The van der Waals surface area contributed by atoms with E-state index in [4.69, 9.17) is 8.37 Å². The molecule has 6 nitrogen and oxygen atoms in total. The lowest BCUT2D eigenvalue weighted by molar-refractivity contribution is 0.0331. The minimum Gasteiger partial charge on any atom is -0.266 e. The van der Waals surface area contributed by atoms with Crippen LogP contribution < -0.4 is 0 Å². The average Bonchev–Trinajstić information content (AvgIpc) is 3.34. The summed E-state index contributed by atoms with van der Waals surface area (Å²) in [6.45, 7) is 3.61. The molecule has 31 heavy (non-hydrogen) atoms. The summed E-state index contributed by atoms with van der Waals surface area (Å²) in [6.07, 6.45) is 3.70. The van der Waals surface area contributed by atoms with Gasteiger partial charge in [-0.05, 0) is 69.2 Å². The molecular weight excluding hydrogens is 436 g/mol. The van der Waals surface area contributed by atoms with Crippen molar-refractivity contribution in [1.29, 1.82) is 0 Å². The molecule has 0 amide bonds. The number of rotatable bonds is 8. The summed E-state index contributed by atoms with van der Waals surface area (Å²) in [7, 11) is -7.87. The Morgan fingerprint density at radius 3 is 1.58 bits per heavy atom. The molecule has 2 aliphatic carbocycles. The number of hydrogen-bond donors (Lipinski definition) is 0. The number of benzene rings is 2. The monoisotopic (exact) mass is 464 g/mol. The van der Waals surface area contributed by atoms with E-state index >= 15 is 0 Å². The first-order chi connectivity index (χ1) is 14.6. The molecule has 0 N–H and O–H groups in total. The summed E-state index contributed by atoms with van der Waals surface area (Å²) in [5, 5.41) is 0. The van der Waals surface area contributed by atoms with Crippen molar-refractivity contribution in [2.45, 2.75) is 49.3 Å². The van der Waals surface area contributed by atoms with Crippen molar-refractivity contribution < 1.29 is 25.2 Å². The molecule has 4 rings (SSSR count). The van der Waals surface area contributed by atoms with Gasteiger partial charge in [-0.1, -0.05) is 41.8 Å². The summed E-state index contributed by atoms with van der Waals surface area (Å²) in [5.74, 6) is 0.653. The van der Waals surface area contributed by atoms with Crippen molar-refractivity contribution in [2.24, 2.45) is 17.3 Å². The van der Waals surface area contributed by atoms with Crippen LogP contribution in [0.15, 0.2) is 58.3 Å². The van der Waals surface area contributed by atoms with E-state index in [2.05, 4.69) is 0 Å². The Morgan fingerprint density at radius 2 is 1.23 bits per heavy atom. The van der Waals surface area contributed by atoms with Gasteiger partial charge in [0.15, 0.2) is 0 Å². The highest BCUT2D eigenvalue weighted by molar-refractivity contribution is 7.87. The standard InChI is InChI=1S/C23H28O6S2/c1-17-3-9-21(10-4-17)30(24,25)28-15-23(14-19-7-8-20(23)13-19)16-29-31(26,27)22-11-5-18(2)6-12-22/h3-6,9-12,19-20H,7-8,13-16H2,1-2H3. The summed E-state index contributed by atoms with van der Waals surface area (Å²) in [5.41, 5.74) is 1.29. The molecular formula is C23H28O6S2. The third-order valence-electron chi connectivity index (χ3n) is 6.72. The zero-order valence-electron chi connectivity index (χ0n) is 17.8. The molecule has 168 valence electrons. The molecule has 2 fully saturated rings. The van der Waals surface area contributed by atoms with Gasteiger partial charge in [0.25, 0.3) is 20.2 Å². The van der Waals surface area contributed by atoms with Crippen LogP contribution in [0.25, 0.3) is 0 Å². The molecule has 0 heterocycles. The van der Waals surface area contributed by atoms with E-state index in [1.54, 1.807) is 24.3 Å². The van der Waals surface area contributed by atoms with Gasteiger partial charge in [0, 0.05) is 5.41 Å². The summed E-state index contributed by atoms with van der Waals surface area (Å²) in [4.78, 5) is 0.203. The summed E-state index contributed by atoms with van der Waals surface area (Å²) < 4.78 is 61.8. The molecule has 0 saturated heterocycles. The number of fused-ring (bicyclic) bond motifs is 2. The molecule has 0 aromatic heterocycles. The topological polar surface area (TPSA) is 86.7 Å². The van der Waals surface area contributed by atoms with Gasteiger partial charge >= 0.3 is 0 Å². The van der Waals surface area contributed by atoms with E-state index < -0.39 is 25.7 Å². The van der Waals surface area contributed by atoms with Crippen LogP contribution >= 0.6 is 0 Å². The highest BCUT2D eigenvalue weighted by atomic mass is 32.2. The van der Waals surface area contributed by atoms with E-state index in [0.29, 0.717) is 12.3 Å². The summed E-state index contributed by atoms with van der Waals surface area (Å²) >= 11 is 0. The van der Waals surface area contributed by atoms with Gasteiger partial charge in [-0.15, -0.1) is 0 Å².